The lowest BCUT2D eigenvalue weighted by Crippen LogP contribution is -2.55. The number of likely N-dealkylation sites (tertiary alicyclic amines) is 1. The summed E-state index contributed by atoms with van der Waals surface area (Å²) in [5.74, 6) is 0.369. The second kappa shape index (κ2) is 9.76. The number of halogens is 1. The van der Waals surface area contributed by atoms with Crippen molar-refractivity contribution in [2.75, 3.05) is 6.54 Å². The zero-order valence-corrected chi connectivity index (χ0v) is 25.6. The second-order valence-corrected chi connectivity index (χ2v) is 14.1. The first kappa shape index (κ1) is 28.9. The average Bonchev–Trinajstić information content (AvgIpc) is 3.28. The Balaban J connectivity index is -0.00000000144. The quantitative estimate of drug-likeness (QED) is 0.283. The lowest BCUT2D eigenvalue weighted by Gasteiger charge is -2.51. The average molecular weight is 793 g/mol. The van der Waals surface area contributed by atoms with Crippen LogP contribution >= 0.6 is 0 Å². The van der Waals surface area contributed by atoms with Gasteiger partial charge >= 0.3 is 0 Å². The second-order valence-electron chi connectivity index (χ2n) is 14.1. The van der Waals surface area contributed by atoms with Crippen molar-refractivity contribution in [2.45, 2.75) is 124 Å². The van der Waals surface area contributed by atoms with E-state index in [0.717, 1.165) is 41.7 Å². The lowest BCUT2D eigenvalue weighted by atomic mass is 9.66. The summed E-state index contributed by atoms with van der Waals surface area (Å²) in [6.07, 6.45) is 2.84. The Kier molecular flexibility index (Phi) is 7.06. The Morgan fingerprint density at radius 1 is 1.25 bits per heavy atom. The third kappa shape index (κ3) is 4.61. The molecule has 3 aromatic rings. The number of rotatable bonds is 4. The van der Waals surface area contributed by atoms with E-state index >= 15 is 0 Å². The summed E-state index contributed by atoms with van der Waals surface area (Å²) in [6.45, 7) is 20.2. The van der Waals surface area contributed by atoms with E-state index in [9.17, 15) is 14.3 Å². The van der Waals surface area contributed by atoms with Crippen LogP contribution in [0.3, 0.4) is 0 Å². The van der Waals surface area contributed by atoms with Gasteiger partial charge in [-0.3, -0.25) is 14.3 Å². The van der Waals surface area contributed by atoms with E-state index in [-0.39, 0.29) is 210 Å². The van der Waals surface area contributed by atoms with Gasteiger partial charge in [0.2, 0.25) is 0 Å². The number of hydrogen-bond acceptors (Lipinski definition) is 6. The first-order valence-electron chi connectivity index (χ1n) is 14.7. The monoisotopic (exact) mass is 792 g/mol. The van der Waals surface area contributed by atoms with Crippen molar-refractivity contribution in [3.63, 3.8) is 0 Å². The van der Waals surface area contributed by atoms with Gasteiger partial charge in [0.15, 0.2) is 5.58 Å². The molecule has 5 rings (SSSR count). The van der Waals surface area contributed by atoms with Gasteiger partial charge in [0.05, 0.1) is 11.4 Å². The van der Waals surface area contributed by atoms with Crippen LogP contribution in [0.4, 0.5) is 4.39 Å². The number of aromatic nitrogens is 3. The molecule has 456 valence electrons. The van der Waals surface area contributed by atoms with Crippen LogP contribution in [0.1, 0.15) is 279 Å². The van der Waals surface area contributed by atoms with Gasteiger partial charge in [-0.2, -0.15) is 0 Å². The fourth-order valence-electron chi connectivity index (χ4n) is 7.16. The smallest absolute Gasteiger partial charge is 0.257 e. The number of benzene rings is 1. The van der Waals surface area contributed by atoms with Crippen LogP contribution in [-0.2, 0) is 24.0 Å². The molecule has 0 radical (unpaired) electrons. The van der Waals surface area contributed by atoms with E-state index in [1.165, 1.54) is 6.07 Å². The molecule has 4 unspecified atom stereocenters. The van der Waals surface area contributed by atoms with E-state index in [1.54, 1.807) is 24.5 Å². The number of aryl methyl sites for hydroxylation is 1. The summed E-state index contributed by atoms with van der Waals surface area (Å²) in [4.78, 5) is 21.4. The number of fused-ring (bicyclic) bond motifs is 2. The van der Waals surface area contributed by atoms with Crippen LogP contribution < -0.4 is 5.56 Å². The van der Waals surface area contributed by atoms with E-state index in [2.05, 4.69) is 58.5 Å². The maximum absolute atomic E-state index is 14.2. The third-order valence-corrected chi connectivity index (χ3v) is 9.90. The van der Waals surface area contributed by atoms with Crippen molar-refractivity contribution in [1.82, 2.24) is 19.6 Å². The predicted octanol–water partition coefficient (Wildman–Crippen LogP) is 35.2. The number of hydrogen-bond donors (Lipinski definition) is 1. The summed E-state index contributed by atoms with van der Waals surface area (Å²) < 4.78 is 21.5. The van der Waals surface area contributed by atoms with E-state index < -0.39 is 5.60 Å². The molecule has 2 aliphatic rings. The summed E-state index contributed by atoms with van der Waals surface area (Å²) in [6, 6.07) is 3.60. The molecule has 0 aliphatic carbocycles. The highest BCUT2D eigenvalue weighted by molar-refractivity contribution is 5.83. The Bertz CT molecular complexity index is 1630. The molecule has 1 N–H and O–H groups in total. The summed E-state index contributed by atoms with van der Waals surface area (Å²) >= 11 is 0. The number of aliphatic hydroxyl groups is 1. The Hall–Kier alpha value is -2.58. The van der Waals surface area contributed by atoms with Crippen molar-refractivity contribution in [2.24, 2.45) is 5.41 Å². The van der Waals surface area contributed by atoms with Crippen molar-refractivity contribution in [3.05, 3.63) is 56.6 Å². The number of nitrogens with zero attached hydrogens (tertiary/aromatic N) is 4. The molecule has 4 atom stereocenters. The van der Waals surface area contributed by atoms with Gasteiger partial charge in [0, 0.05) is 216 Å². The molecule has 1 saturated heterocycles. The zero-order valence-electron chi connectivity index (χ0n) is 25.6. The first-order valence-corrected chi connectivity index (χ1v) is 14.7. The van der Waals surface area contributed by atoms with E-state index in [0.29, 0.717) is 36.4 Å². The lowest BCUT2D eigenvalue weighted by molar-refractivity contribution is 0.00195. The Morgan fingerprint density at radius 2 is 1.95 bits per heavy atom. The highest BCUT2D eigenvalue weighted by Gasteiger charge is 2.46. The molecule has 0 amide bonds. The largest absolute Gasteiger partial charge is 0.382 e. The fraction of sp³-hybridized carbons (Fsp3) is 0.656. The minimum Gasteiger partial charge on any atom is -0.382 e. The van der Waals surface area contributed by atoms with Crippen LogP contribution in [0.25, 0.3) is 11.0 Å². The molecule has 0 bridgehead atoms. The van der Waals surface area contributed by atoms with Gasteiger partial charge < -0.3 is 9.63 Å². The van der Waals surface area contributed by atoms with Gasteiger partial charge in [-0.25, -0.2) is 9.37 Å². The SMILES string of the molecule is Cc1c(F)ccc2c(C3CCN(C(C)Cc4c(C(C)(C)C)nc5n(c4=O)CCCC5(C)O)C(C)C3(C)C)noc12.[HH].[HH].[HH].[HH].[HH].[HH].[HH].[HH].[HH].[HH].[HH].[HH].[HH].[HH].[HH].[HH].[HH].[HH].[HH].[HH].[HH].[HH].[HH].[HH].[HH].[HH].[HH].[HH].[HH].[HH].[HH].[HH].[HH].[HH].[HH].[HH].[HH].[HH].[HH].[HH].[HH].[HH].[HH].[HH].[HH].[HH].[HH].[HH].[HH].[HH].[HH].[HH].[HH].[HH].[HH].[HH].[HH].[HH].[HH].[HH].[HH].[HH].[HH].[HH].[HH].[HH].[HH].[HH].[HH].[HH].[HH].[HH].[HH].[HH].[HH].[HH].[HH].[HH].[HH].[HH].[HH].[HH].[HH].[HH].[HH].[HH].[HH].[HH].[HH].[HH].[HH].[HH].[HH].[HH].[HH].[HH].[HH].[HH].[HH].[HH].[HH].[HH].[HH].[HH].[HH].[HH].[HH].[HH].[HH].[HH].[HH].[HH].[HH].[HH].[HH].[HH].[HH].[HH].[HH]. The van der Waals surface area contributed by atoms with Crippen LogP contribution in [-0.4, -0.2) is 43.3 Å². The molecule has 8 heteroatoms. The molecule has 2 aromatic heterocycles. The molecule has 2 aliphatic heterocycles. The first-order chi connectivity index (χ1) is 18.6. The normalized spacial score (nSPS) is 26.2. The molecule has 1 fully saturated rings. The molecule has 0 saturated carbocycles. The molecule has 40 heavy (non-hydrogen) atoms. The summed E-state index contributed by atoms with van der Waals surface area (Å²) in [7, 11) is 0. The van der Waals surface area contributed by atoms with Gasteiger partial charge in [0.1, 0.15) is 17.2 Å². The molecule has 1 aromatic carbocycles. The predicted molar refractivity (Wildman–Crippen MR) is 407 cm³/mol. The molecule has 0 spiro atoms. The number of piperidine rings is 1. The molecular formula is C32H283FN4O3. The molecule has 7 nitrogen and oxygen atoms in total. The van der Waals surface area contributed by atoms with Gasteiger partial charge in [0.25, 0.3) is 5.56 Å². The van der Waals surface area contributed by atoms with Crippen LogP contribution in [0.15, 0.2) is 21.5 Å². The maximum Gasteiger partial charge on any atom is 0.257 e. The van der Waals surface area contributed by atoms with Crippen LogP contribution in [0, 0.1) is 18.2 Å². The van der Waals surface area contributed by atoms with Gasteiger partial charge in [-0.15, -0.1) is 0 Å². The van der Waals surface area contributed by atoms with Crippen LogP contribution in [0.5, 0.6) is 0 Å². The van der Waals surface area contributed by atoms with E-state index in [1.807, 2.05) is 0 Å². The van der Waals surface area contributed by atoms with Crippen molar-refractivity contribution >= 4 is 11.0 Å². The Morgan fingerprint density at radius 3 is 2.62 bits per heavy atom. The summed E-state index contributed by atoms with van der Waals surface area (Å²) in [5, 5.41) is 16.4. The third-order valence-electron chi connectivity index (χ3n) is 9.90. The fourth-order valence-corrected chi connectivity index (χ4v) is 7.16. The highest BCUT2D eigenvalue weighted by atomic mass is 19.1. The van der Waals surface area contributed by atoms with Crippen molar-refractivity contribution in [1.29, 1.82) is 0 Å². The topological polar surface area (TPSA) is 84.4 Å². The minimum atomic E-state index is -1.10. The highest BCUT2D eigenvalue weighted by Crippen LogP contribution is 2.48. The summed E-state index contributed by atoms with van der Waals surface area (Å²) in [5.41, 5.74) is 1.88. The Labute approximate surface area is 413 Å². The van der Waals surface area contributed by atoms with Gasteiger partial charge in [-0.05, 0) is 77.5 Å². The van der Waals surface area contributed by atoms with Crippen LogP contribution in [0.2, 0.25) is 0 Å². The zero-order chi connectivity index (χ0) is 29.4. The molecular weight excluding hydrogens is 507 g/mol. The standard InChI is InChI=1S/C32H45FN4O3.119H2/c1-18(17-22-27(30(4,5)6)34-29-32(9,39)14-10-15-37(29)28(22)38)36-16-13-23(31(7,8)20(36)3)25-21-11-12-24(33)19(2)26(21)40-35-25;;;;;;;;;;;;;;;;;;;;;;;;;;;;;;;;;;;;;;;;;;;;;;;;;;;;;;;;;;;;;;;;;;;;;;;;;;;;;;;;;;;;;;;;;;;;;;;;;;;;;;;;;;;;;;;;;;;;;;;/h11-12,18,20,23,39H,10,13-17H2,1-9H3;119*1H. The van der Waals surface area contributed by atoms with E-state index in [4.69, 9.17) is 9.51 Å². The minimum absolute atomic E-state index is 0. The molecule has 4 heterocycles. The maximum atomic E-state index is 14.2. The van der Waals surface area contributed by atoms with Gasteiger partial charge in [-0.1, -0.05) is 39.8 Å². The van der Waals surface area contributed by atoms with Crippen molar-refractivity contribution in [3.8, 4) is 0 Å². The van der Waals surface area contributed by atoms with Crippen molar-refractivity contribution < 1.29 is 184 Å².